The standard InChI is InChI=1S/C23H32BCl2N3O6/c1-13(2)10-19(24-29(4)18(23(33)34-5)9-6-14(3)22(32)35-24)28-20(30)12-27-21(31)16-11-15(25)7-8-17(16)26/h7-8,11,13-14,18-19H,6,9-10,12H2,1-5H3,(H,27,31)(H,28,30)/t14-,18-,19-/m0/s1. The van der Waals surface area contributed by atoms with Crippen LogP contribution in [0, 0.1) is 11.8 Å². The number of esters is 1. The van der Waals surface area contributed by atoms with Crippen LogP contribution in [0.1, 0.15) is 50.4 Å². The van der Waals surface area contributed by atoms with E-state index in [2.05, 4.69) is 10.6 Å². The zero-order valence-corrected chi connectivity index (χ0v) is 22.1. The molecule has 192 valence electrons. The lowest BCUT2D eigenvalue weighted by atomic mass is 9.65. The van der Waals surface area contributed by atoms with Crippen LogP contribution in [0.3, 0.4) is 0 Å². The summed E-state index contributed by atoms with van der Waals surface area (Å²) in [6, 6.07) is 3.82. The van der Waals surface area contributed by atoms with Crippen LogP contribution in [-0.2, 0) is 23.8 Å². The number of amides is 2. The number of halogens is 2. The molecule has 2 amide bonds. The van der Waals surface area contributed by atoms with Crippen LogP contribution >= 0.6 is 23.2 Å². The first-order chi connectivity index (χ1) is 16.4. The van der Waals surface area contributed by atoms with Gasteiger partial charge in [0, 0.05) is 5.02 Å². The Bertz CT molecular complexity index is 948. The molecule has 1 aromatic rings. The van der Waals surface area contributed by atoms with Crippen molar-refractivity contribution in [1.82, 2.24) is 15.4 Å². The van der Waals surface area contributed by atoms with Gasteiger partial charge < -0.3 is 20.0 Å². The molecule has 0 spiro atoms. The Labute approximate surface area is 216 Å². The van der Waals surface area contributed by atoms with Gasteiger partial charge in [-0.1, -0.05) is 44.0 Å². The predicted octanol–water partition coefficient (Wildman–Crippen LogP) is 2.73. The Hall–Kier alpha value is -2.30. The highest BCUT2D eigenvalue weighted by Crippen LogP contribution is 2.23. The molecule has 0 aromatic heterocycles. The molecule has 2 rings (SSSR count). The maximum absolute atomic E-state index is 12.8. The fourth-order valence-corrected chi connectivity index (χ4v) is 4.33. The molecule has 0 unspecified atom stereocenters. The van der Waals surface area contributed by atoms with Gasteiger partial charge >= 0.3 is 13.0 Å². The van der Waals surface area contributed by atoms with Gasteiger partial charge in [0.25, 0.3) is 11.9 Å². The average Bonchev–Trinajstić information content (AvgIpc) is 2.80. The second kappa shape index (κ2) is 13.1. The highest BCUT2D eigenvalue weighted by molar-refractivity contribution is 6.53. The van der Waals surface area contributed by atoms with Gasteiger partial charge in [0.1, 0.15) is 6.04 Å². The molecular weight excluding hydrogens is 496 g/mol. The van der Waals surface area contributed by atoms with E-state index < -0.39 is 48.7 Å². The number of hydrogen-bond acceptors (Lipinski definition) is 7. The SMILES string of the molecule is COC(=O)[C@@H]1CC[C@H](C)C(=O)OB([C@H](CC(C)C)NC(=O)CNC(=O)c2cc(Cl)ccc2Cl)N1C. The van der Waals surface area contributed by atoms with E-state index in [9.17, 15) is 19.2 Å². The van der Waals surface area contributed by atoms with Crippen LogP contribution in [0.15, 0.2) is 18.2 Å². The lowest BCUT2D eigenvalue weighted by Gasteiger charge is -2.37. The van der Waals surface area contributed by atoms with Gasteiger partial charge in [-0.2, -0.15) is 0 Å². The van der Waals surface area contributed by atoms with E-state index in [1.165, 1.54) is 19.2 Å². The van der Waals surface area contributed by atoms with Crippen LogP contribution in [0.4, 0.5) is 0 Å². The van der Waals surface area contributed by atoms with Gasteiger partial charge in [-0.3, -0.25) is 24.0 Å². The molecule has 0 bridgehead atoms. The van der Waals surface area contributed by atoms with E-state index >= 15 is 0 Å². The van der Waals surface area contributed by atoms with Crippen molar-refractivity contribution in [3.05, 3.63) is 33.8 Å². The highest BCUT2D eigenvalue weighted by atomic mass is 35.5. The Morgan fingerprint density at radius 2 is 1.94 bits per heavy atom. The first-order valence-electron chi connectivity index (χ1n) is 11.5. The van der Waals surface area contributed by atoms with E-state index in [-0.39, 0.29) is 23.0 Å². The smallest absolute Gasteiger partial charge is 0.475 e. The summed E-state index contributed by atoms with van der Waals surface area (Å²) < 4.78 is 10.7. The van der Waals surface area contributed by atoms with Gasteiger partial charge in [-0.25, -0.2) is 0 Å². The minimum absolute atomic E-state index is 0.131. The second-order valence-electron chi connectivity index (χ2n) is 9.12. The first-order valence-corrected chi connectivity index (χ1v) is 12.2. The number of hydrogen-bond donors (Lipinski definition) is 2. The second-order valence-corrected chi connectivity index (χ2v) is 9.96. The number of methoxy groups -OCH3 is 1. The minimum atomic E-state index is -0.904. The third kappa shape index (κ3) is 8.12. The molecule has 1 aromatic carbocycles. The lowest BCUT2D eigenvalue weighted by Crippen LogP contribution is -2.62. The number of ether oxygens (including phenoxy) is 1. The number of carbonyl (C=O) groups is 4. The van der Waals surface area contributed by atoms with E-state index in [1.54, 1.807) is 24.8 Å². The Morgan fingerprint density at radius 1 is 1.26 bits per heavy atom. The zero-order valence-electron chi connectivity index (χ0n) is 20.6. The molecule has 1 fully saturated rings. The third-order valence-electron chi connectivity index (χ3n) is 5.88. The van der Waals surface area contributed by atoms with Gasteiger partial charge in [-0.15, -0.1) is 0 Å². The van der Waals surface area contributed by atoms with Crippen molar-refractivity contribution in [2.75, 3.05) is 20.7 Å². The molecule has 0 aliphatic carbocycles. The largest absolute Gasteiger partial charge is 0.518 e. The van der Waals surface area contributed by atoms with Gasteiger partial charge in [0.15, 0.2) is 0 Å². The van der Waals surface area contributed by atoms with Crippen molar-refractivity contribution < 1.29 is 28.6 Å². The number of rotatable bonds is 8. The van der Waals surface area contributed by atoms with Crippen LogP contribution in [0.2, 0.25) is 10.0 Å². The molecular formula is C23H32BCl2N3O6. The molecule has 0 radical (unpaired) electrons. The molecule has 1 aliphatic heterocycles. The maximum Gasteiger partial charge on any atom is 0.475 e. The van der Waals surface area contributed by atoms with E-state index in [0.29, 0.717) is 24.3 Å². The summed E-state index contributed by atoms with van der Waals surface area (Å²) in [6.45, 7) is 5.34. The average molecular weight is 528 g/mol. The van der Waals surface area contributed by atoms with Crippen molar-refractivity contribution in [1.29, 1.82) is 0 Å². The van der Waals surface area contributed by atoms with Gasteiger partial charge in [0.05, 0.1) is 36.1 Å². The van der Waals surface area contributed by atoms with Crippen molar-refractivity contribution in [2.45, 2.75) is 52.0 Å². The fraction of sp³-hybridized carbons (Fsp3) is 0.565. The van der Waals surface area contributed by atoms with Crippen LogP contribution in [0.5, 0.6) is 0 Å². The summed E-state index contributed by atoms with van der Waals surface area (Å²) in [5.74, 6) is -2.80. The summed E-state index contributed by atoms with van der Waals surface area (Å²) >= 11 is 12.0. The van der Waals surface area contributed by atoms with Crippen LogP contribution in [0.25, 0.3) is 0 Å². The molecule has 2 N–H and O–H groups in total. The summed E-state index contributed by atoms with van der Waals surface area (Å²) in [7, 11) is 2.07. The Balaban J connectivity index is 2.19. The number of carbonyl (C=O) groups excluding carboxylic acids is 4. The van der Waals surface area contributed by atoms with Crippen molar-refractivity contribution >= 4 is 54.0 Å². The molecule has 1 saturated heterocycles. The number of nitrogens with one attached hydrogen (secondary N) is 2. The quantitative estimate of drug-likeness (QED) is 0.394. The molecule has 1 aliphatic rings. The monoisotopic (exact) mass is 527 g/mol. The van der Waals surface area contributed by atoms with E-state index in [4.69, 9.17) is 32.6 Å². The minimum Gasteiger partial charge on any atom is -0.518 e. The normalized spacial score (nSPS) is 19.9. The summed E-state index contributed by atoms with van der Waals surface area (Å²) in [5, 5.41) is 5.93. The molecule has 3 atom stereocenters. The highest BCUT2D eigenvalue weighted by Gasteiger charge is 2.44. The van der Waals surface area contributed by atoms with Gasteiger partial charge in [0.2, 0.25) is 5.91 Å². The fourth-order valence-electron chi connectivity index (χ4n) is 3.95. The number of likely N-dealkylation sites (N-methyl/N-ethyl adjacent to an activating group) is 1. The molecule has 1 heterocycles. The lowest BCUT2D eigenvalue weighted by molar-refractivity contribution is -0.149. The Kier molecular flexibility index (Phi) is 10.9. The van der Waals surface area contributed by atoms with E-state index in [0.717, 1.165) is 0 Å². The molecule has 35 heavy (non-hydrogen) atoms. The topological polar surface area (TPSA) is 114 Å². The maximum atomic E-state index is 12.8. The predicted molar refractivity (Wildman–Crippen MR) is 134 cm³/mol. The molecule has 9 nitrogen and oxygen atoms in total. The Morgan fingerprint density at radius 3 is 2.57 bits per heavy atom. The van der Waals surface area contributed by atoms with Crippen LogP contribution in [-0.4, -0.2) is 68.3 Å². The first kappa shape index (κ1) is 28.9. The van der Waals surface area contributed by atoms with Gasteiger partial charge in [-0.05, 0) is 50.4 Å². The van der Waals surface area contributed by atoms with Crippen molar-refractivity contribution in [3.8, 4) is 0 Å². The molecule has 0 saturated carbocycles. The third-order valence-corrected chi connectivity index (χ3v) is 6.44. The summed E-state index contributed by atoms with van der Waals surface area (Å²) in [4.78, 5) is 52.0. The van der Waals surface area contributed by atoms with Crippen LogP contribution < -0.4 is 10.6 Å². The van der Waals surface area contributed by atoms with Crippen molar-refractivity contribution in [3.63, 3.8) is 0 Å². The van der Waals surface area contributed by atoms with E-state index in [1.807, 2.05) is 13.8 Å². The zero-order chi connectivity index (χ0) is 26.3. The summed E-state index contributed by atoms with van der Waals surface area (Å²) in [6.07, 6.45) is 1.34. The van der Waals surface area contributed by atoms with Crippen molar-refractivity contribution in [2.24, 2.45) is 11.8 Å². The number of benzene rings is 1. The molecule has 12 heteroatoms. The summed E-state index contributed by atoms with van der Waals surface area (Å²) in [5.41, 5.74) is 0.147. The number of nitrogens with zero attached hydrogens (tertiary/aromatic N) is 1.